The second kappa shape index (κ2) is 29.6. The summed E-state index contributed by atoms with van der Waals surface area (Å²) in [6.45, 7) is -1.56. The maximum atomic E-state index is 12.8. The fourth-order valence-corrected chi connectivity index (χ4v) is 8.72. The standard InChI is InChI=1S/C27H25N5O21S6.5Na/c28-23-22-14(10-20(54-52-50-36)24(26(22)33)31-29-15-2-1-3-16(12-15)56(38,39)8-6-48-55-53-51-37)11-21(58(42,43)44)25(23)32-30-19-5-4-17(13-18(19)27(34)35)57(40,41)9-7-49-59(45,46)47;;;;;/h1-5,10-13,33,36-37H,6-9,28H2,(H,34,35)(H,42,43,44)(H,45,46,47);;;;;/q;5*+1/p-5. The van der Waals surface area contributed by atoms with Crippen LogP contribution in [0.1, 0.15) is 10.4 Å². The van der Waals surface area contributed by atoms with Crippen LogP contribution in [-0.4, -0.2) is 78.6 Å². The van der Waals surface area contributed by atoms with Gasteiger partial charge >= 0.3 is 148 Å². The average molecular weight is 1060 g/mol. The van der Waals surface area contributed by atoms with E-state index in [9.17, 15) is 68.3 Å². The minimum Gasteiger partial charge on any atom is -0.744 e. The van der Waals surface area contributed by atoms with Crippen molar-refractivity contribution in [3.05, 3.63) is 60.2 Å². The van der Waals surface area contributed by atoms with E-state index in [2.05, 4.69) is 43.4 Å². The molecule has 0 aliphatic rings. The van der Waals surface area contributed by atoms with Gasteiger partial charge in [-0.3, -0.25) is 18.4 Å². The number of carboxylic acids is 1. The molecule has 0 aliphatic heterocycles. The van der Waals surface area contributed by atoms with Crippen LogP contribution in [0.25, 0.3) is 10.8 Å². The van der Waals surface area contributed by atoms with Crippen molar-refractivity contribution in [3.8, 4) is 5.75 Å². The van der Waals surface area contributed by atoms with E-state index in [1.165, 1.54) is 18.2 Å². The third-order valence-corrected chi connectivity index (χ3v) is 12.7. The van der Waals surface area contributed by atoms with Gasteiger partial charge in [0.05, 0.1) is 84.8 Å². The van der Waals surface area contributed by atoms with Gasteiger partial charge in [0.1, 0.15) is 21.5 Å². The monoisotopic (exact) mass is 1060 g/mol. The molecule has 3 N–H and O–H groups in total. The number of carbonyl (C=O) groups excluding carboxylic acids is 1. The Morgan fingerprint density at radius 3 is 1.91 bits per heavy atom. The Balaban J connectivity index is 0. The topological polar surface area (TPSA) is 420 Å². The molecule has 0 aromatic heterocycles. The van der Waals surface area contributed by atoms with Crippen molar-refractivity contribution in [1.29, 1.82) is 0 Å². The fraction of sp³-hybridized carbons (Fsp3) is 0.148. The van der Waals surface area contributed by atoms with Gasteiger partial charge in [-0.25, -0.2) is 33.7 Å². The fourth-order valence-electron chi connectivity index (χ4n) is 4.62. The van der Waals surface area contributed by atoms with E-state index in [1.54, 1.807) is 0 Å². The largest absolute Gasteiger partial charge is 1.00 e. The first-order valence-electron chi connectivity index (χ1n) is 14.9. The molecule has 37 heteroatoms. The summed E-state index contributed by atoms with van der Waals surface area (Å²) < 4.78 is 137. The van der Waals surface area contributed by atoms with Crippen molar-refractivity contribution in [2.75, 3.05) is 30.5 Å². The molecule has 64 heavy (non-hydrogen) atoms. The Bertz CT molecular complexity index is 2780. The Morgan fingerprint density at radius 1 is 0.734 bits per heavy atom. The summed E-state index contributed by atoms with van der Waals surface area (Å²) in [4.78, 5) is 9.42. The number of benzene rings is 4. The number of azo groups is 2. The number of nitrogens with zero attached hydrogens (tertiary/aromatic N) is 4. The van der Waals surface area contributed by atoms with Crippen LogP contribution in [0.15, 0.2) is 94.6 Å². The van der Waals surface area contributed by atoms with Crippen molar-refractivity contribution in [2.45, 2.75) is 19.6 Å². The van der Waals surface area contributed by atoms with E-state index >= 15 is 0 Å². The molecule has 320 valence electrons. The third-order valence-electron chi connectivity index (χ3n) is 7.10. The predicted molar refractivity (Wildman–Crippen MR) is 187 cm³/mol. The molecule has 26 nitrogen and oxygen atoms in total. The van der Waals surface area contributed by atoms with Gasteiger partial charge in [0.15, 0.2) is 37.7 Å². The normalized spacial score (nSPS) is 11.9. The number of nitrogens with two attached hydrogens (primary N) is 1. The molecule has 0 bridgehead atoms. The van der Waals surface area contributed by atoms with Crippen LogP contribution in [0, 0.1) is 0 Å². The summed E-state index contributed by atoms with van der Waals surface area (Å²) in [5.74, 6) is -4.68. The molecule has 4 rings (SSSR count). The number of hydrogen-bond acceptors (Lipinski definition) is 28. The summed E-state index contributed by atoms with van der Waals surface area (Å²) in [5, 5.41) is 64.4. The first kappa shape index (κ1) is 66.6. The van der Waals surface area contributed by atoms with Crippen LogP contribution in [0.4, 0.5) is 28.4 Å². The quantitative estimate of drug-likeness (QED) is 0.00900. The number of phenolic OH excluding ortho intramolecular Hbond substituents is 1. The number of anilines is 1. The molecule has 0 radical (unpaired) electrons. The number of nitrogen functional groups attached to an aromatic ring is 1. The number of rotatable bonds is 21. The zero-order chi connectivity index (χ0) is 43.8. The maximum Gasteiger partial charge on any atom is 1.00 e. The molecule has 0 fully saturated rings. The van der Waals surface area contributed by atoms with Gasteiger partial charge in [-0.15, -0.1) is 19.7 Å². The second-order valence-corrected chi connectivity index (χ2v) is 18.6. The number of aromatic hydroxyl groups is 1. The van der Waals surface area contributed by atoms with Crippen LogP contribution in [-0.2, 0) is 67.3 Å². The maximum absolute atomic E-state index is 12.8. The zero-order valence-corrected chi connectivity index (χ0v) is 48.4. The number of fused-ring (bicyclic) bond motifs is 1. The Kier molecular flexibility index (Phi) is 30.8. The minimum absolute atomic E-state index is 0. The number of phenols is 1. The first-order chi connectivity index (χ1) is 27.6. The Morgan fingerprint density at radius 2 is 1.33 bits per heavy atom. The minimum atomic E-state index is -5.54. The van der Waals surface area contributed by atoms with E-state index < -0.39 is 120 Å². The summed E-state index contributed by atoms with van der Waals surface area (Å²) >= 11 is 0.205. The van der Waals surface area contributed by atoms with E-state index in [0.29, 0.717) is 12.1 Å². The van der Waals surface area contributed by atoms with Gasteiger partial charge in [0, 0.05) is 5.56 Å². The molecule has 4 aromatic carbocycles. The van der Waals surface area contributed by atoms with E-state index in [-0.39, 0.29) is 193 Å². The molecule has 4 aromatic rings. The van der Waals surface area contributed by atoms with Crippen molar-refractivity contribution < 1.29 is 243 Å². The van der Waals surface area contributed by atoms with Crippen LogP contribution in [0.5, 0.6) is 5.75 Å². The van der Waals surface area contributed by atoms with Crippen LogP contribution >= 0.6 is 24.4 Å². The number of carbonyl (C=O) groups is 1. The van der Waals surface area contributed by atoms with Crippen molar-refractivity contribution in [2.24, 2.45) is 20.5 Å². The van der Waals surface area contributed by atoms with Crippen molar-refractivity contribution in [1.82, 2.24) is 0 Å². The predicted octanol–water partition coefficient (Wildman–Crippen LogP) is -14.7. The molecule has 0 unspecified atom stereocenters. The number of aromatic carboxylic acids is 1. The van der Waals surface area contributed by atoms with E-state index in [1.807, 2.05) is 0 Å². The third kappa shape index (κ3) is 19.0. The summed E-state index contributed by atoms with van der Waals surface area (Å²) in [5.41, 5.74) is 2.05. The smallest absolute Gasteiger partial charge is 0.744 e. The SMILES string of the molecule is Nc1c(N=Nc2ccc(S(=O)(=O)CCOS(=O)(=O)[O-])cc2C(=O)[O-])c(S(=O)(=O)[O-])cc2cc(SOO[O-])c(N=Nc3cccc(S(=O)(=O)CCOSOO[O-])c3)c(O)c12.[Na+].[Na+].[Na+].[Na+].[Na+]. The molecule has 0 saturated heterocycles. The molecule has 0 amide bonds. The van der Waals surface area contributed by atoms with Gasteiger partial charge in [0.25, 0.3) is 0 Å². The molecular formula is C27H20N5Na5O21S6. The Labute approximate surface area is 482 Å². The Hall–Kier alpha value is 0.510. The van der Waals surface area contributed by atoms with Crippen molar-refractivity contribution in [3.63, 3.8) is 0 Å². The molecule has 0 spiro atoms. The molecular weight excluding hydrogens is 1040 g/mol. The molecule has 0 saturated carbocycles. The summed E-state index contributed by atoms with van der Waals surface area (Å²) in [6, 6.07) is 8.51. The zero-order valence-electron chi connectivity index (χ0n) is 33.5. The number of sulfone groups is 2. The van der Waals surface area contributed by atoms with Crippen LogP contribution < -0.4 is 169 Å². The first-order valence-corrected chi connectivity index (χ1v) is 22.4. The number of carboxylic acid groups (broad SMARTS) is 1. The van der Waals surface area contributed by atoms with Gasteiger partial charge < -0.3 is 40.4 Å². The average Bonchev–Trinajstić information content (AvgIpc) is 3.15. The molecule has 0 heterocycles. The van der Waals surface area contributed by atoms with Gasteiger partial charge in [-0.1, -0.05) is 6.07 Å². The summed E-state index contributed by atoms with van der Waals surface area (Å²) in [6.07, 6.45) is 0. The van der Waals surface area contributed by atoms with E-state index in [0.717, 1.165) is 24.3 Å². The molecule has 0 atom stereocenters. The summed E-state index contributed by atoms with van der Waals surface area (Å²) in [7, 11) is -19.3. The molecule has 0 aliphatic carbocycles. The van der Waals surface area contributed by atoms with Crippen molar-refractivity contribution >= 4 is 110 Å². The van der Waals surface area contributed by atoms with Gasteiger partial charge in [0.2, 0.25) is 10.4 Å². The van der Waals surface area contributed by atoms with Crippen LogP contribution in [0.3, 0.4) is 0 Å². The van der Waals surface area contributed by atoms with Crippen LogP contribution in [0.2, 0.25) is 0 Å². The van der Waals surface area contributed by atoms with Gasteiger partial charge in [-0.05, 0) is 53.9 Å². The number of hydrogen-bond donors (Lipinski definition) is 2. The van der Waals surface area contributed by atoms with Gasteiger partial charge in [-0.2, -0.15) is 9.45 Å². The second-order valence-electron chi connectivity index (χ2n) is 10.7. The van der Waals surface area contributed by atoms with E-state index in [4.69, 9.17) is 9.92 Å².